The smallest absolute Gasteiger partial charge is 0.308 e. The van der Waals surface area contributed by atoms with Gasteiger partial charge in [-0.3, -0.25) is 0 Å². The van der Waals surface area contributed by atoms with Gasteiger partial charge in [-0.25, -0.2) is 15.0 Å². The van der Waals surface area contributed by atoms with Crippen LogP contribution in [0.15, 0.2) is 194 Å². The molecule has 4 nitrogen and oxygen atoms in total. The molecule has 11 rings (SSSR count). The largest absolute Gasteiger partial charge is 0.416 e. The number of rotatable bonds is 8. The van der Waals surface area contributed by atoms with E-state index in [1.165, 1.54) is 24.3 Å². The first-order valence-electron chi connectivity index (χ1n) is 23.7. The molecule has 0 saturated heterocycles. The summed E-state index contributed by atoms with van der Waals surface area (Å²) in [7, 11) is 0. The maximum atomic E-state index is 14.3. The molecule has 2 aromatic heterocycles. The van der Waals surface area contributed by atoms with E-state index in [-0.39, 0.29) is 5.82 Å². The molecule has 0 bridgehead atoms. The molecule has 0 spiro atoms. The Hall–Kier alpha value is -8.63. The Labute approximate surface area is 418 Å². The first-order chi connectivity index (χ1) is 35.1. The zero-order valence-electron chi connectivity index (χ0n) is 40.0. The highest BCUT2D eigenvalue weighted by Gasteiger charge is 2.32. The van der Waals surface area contributed by atoms with Gasteiger partial charge < -0.3 is 4.57 Å². The van der Waals surface area contributed by atoms with Crippen LogP contribution < -0.4 is 0 Å². The predicted molar refractivity (Wildman–Crippen MR) is 281 cm³/mol. The Morgan fingerprint density at radius 3 is 1.07 bits per heavy atom. The van der Waals surface area contributed by atoms with Gasteiger partial charge in [-0.05, 0) is 133 Å². The van der Waals surface area contributed by atoms with Gasteiger partial charge in [0.15, 0.2) is 17.5 Å². The van der Waals surface area contributed by atoms with Crippen LogP contribution >= 0.6 is 0 Å². The summed E-state index contributed by atoms with van der Waals surface area (Å²) in [6.07, 6.45) is -9.23. The number of aryl methyl sites for hydroxylation is 4. The summed E-state index contributed by atoms with van der Waals surface area (Å²) in [5.74, 6) is 1.00. The van der Waals surface area contributed by atoms with Crippen LogP contribution in [0.25, 0.3) is 106 Å². The van der Waals surface area contributed by atoms with Crippen LogP contribution in [0.4, 0.5) is 26.3 Å². The molecule has 0 atom stereocenters. The van der Waals surface area contributed by atoms with E-state index in [1.807, 2.05) is 84.9 Å². The summed E-state index contributed by atoms with van der Waals surface area (Å²) in [6, 6.07) is 57.7. The standard InChI is InChI=1S/C63H44F6N4/c1-37-15-27-50(39(3)31-37)45-21-29-56-54(33-45)55-34-46(51-28-16-38(2)32-40(51)4)22-30-57(55)73(56)58-52(41-17-23-48(24-18-41)62(64,65)66)35-47(36-53(58)42-19-25-49(26-20-42)63(67,68)69)61-71-59(43-11-7-5-8-12-43)70-60(72-61)44-13-9-6-10-14-44/h5-36H,1-4H3. The van der Waals surface area contributed by atoms with Crippen molar-refractivity contribution in [2.75, 3.05) is 0 Å². The van der Waals surface area contributed by atoms with Gasteiger partial charge in [0.1, 0.15) is 0 Å². The van der Waals surface area contributed by atoms with E-state index < -0.39 is 23.5 Å². The fourth-order valence-electron chi connectivity index (χ4n) is 9.93. The highest BCUT2D eigenvalue weighted by atomic mass is 19.4. The monoisotopic (exact) mass is 970 g/mol. The van der Waals surface area contributed by atoms with E-state index in [0.717, 1.165) is 102 Å². The molecule has 9 aromatic carbocycles. The predicted octanol–water partition coefficient (Wildman–Crippen LogP) is 17.9. The molecule has 0 aliphatic rings. The first-order valence-corrected chi connectivity index (χ1v) is 23.7. The van der Waals surface area contributed by atoms with Crippen molar-refractivity contribution in [3.05, 3.63) is 228 Å². The molecule has 0 N–H and O–H groups in total. The molecule has 0 saturated carbocycles. The number of hydrogen-bond donors (Lipinski definition) is 0. The second-order valence-electron chi connectivity index (χ2n) is 18.5. The zero-order chi connectivity index (χ0) is 50.8. The second kappa shape index (κ2) is 18.2. The zero-order valence-corrected chi connectivity index (χ0v) is 40.0. The van der Waals surface area contributed by atoms with E-state index in [1.54, 1.807) is 0 Å². The fraction of sp³-hybridized carbons (Fsp3) is 0.0952. The summed E-state index contributed by atoms with van der Waals surface area (Å²) < 4.78 is 87.9. The highest BCUT2D eigenvalue weighted by molar-refractivity contribution is 6.13. The Balaban J connectivity index is 1.27. The number of nitrogens with zero attached hydrogens (tertiary/aromatic N) is 4. The number of alkyl halides is 6. The van der Waals surface area contributed by atoms with Crippen molar-refractivity contribution in [2.45, 2.75) is 40.0 Å². The van der Waals surface area contributed by atoms with Crippen LogP contribution in [-0.4, -0.2) is 19.5 Å². The van der Waals surface area contributed by atoms with E-state index in [2.05, 4.69) is 92.9 Å². The Kier molecular flexibility index (Phi) is 11.7. The first kappa shape index (κ1) is 46.7. The molecule has 0 aliphatic heterocycles. The van der Waals surface area contributed by atoms with Gasteiger partial charge >= 0.3 is 12.4 Å². The van der Waals surface area contributed by atoms with E-state index in [9.17, 15) is 26.3 Å². The van der Waals surface area contributed by atoms with Crippen LogP contribution in [0.5, 0.6) is 0 Å². The van der Waals surface area contributed by atoms with Crippen molar-refractivity contribution in [2.24, 2.45) is 0 Å². The van der Waals surface area contributed by atoms with Crippen molar-refractivity contribution in [3.8, 4) is 84.4 Å². The molecule has 0 fully saturated rings. The topological polar surface area (TPSA) is 43.6 Å². The number of benzene rings is 9. The molecule has 0 unspecified atom stereocenters. The Bertz CT molecular complexity index is 3650. The molecule has 0 radical (unpaired) electrons. The number of hydrogen-bond acceptors (Lipinski definition) is 3. The highest BCUT2D eigenvalue weighted by Crippen LogP contribution is 2.46. The Morgan fingerprint density at radius 2 is 0.699 bits per heavy atom. The van der Waals surface area contributed by atoms with Crippen molar-refractivity contribution < 1.29 is 26.3 Å². The molecule has 2 heterocycles. The van der Waals surface area contributed by atoms with Gasteiger partial charge in [0.2, 0.25) is 0 Å². The molecule has 73 heavy (non-hydrogen) atoms. The van der Waals surface area contributed by atoms with Crippen LogP contribution in [0, 0.1) is 27.7 Å². The Morgan fingerprint density at radius 1 is 0.329 bits per heavy atom. The van der Waals surface area contributed by atoms with Gasteiger partial charge in [0.25, 0.3) is 0 Å². The minimum atomic E-state index is -4.62. The third kappa shape index (κ3) is 8.94. The molecule has 0 amide bonds. The van der Waals surface area contributed by atoms with Gasteiger partial charge in [-0.15, -0.1) is 0 Å². The third-order valence-electron chi connectivity index (χ3n) is 13.5. The van der Waals surface area contributed by atoms with Gasteiger partial charge in [0, 0.05) is 38.6 Å². The summed E-state index contributed by atoms with van der Waals surface area (Å²) >= 11 is 0. The number of aromatic nitrogens is 4. The number of fused-ring (bicyclic) bond motifs is 3. The molecular weight excluding hydrogens is 927 g/mol. The van der Waals surface area contributed by atoms with Crippen molar-refractivity contribution in [1.29, 1.82) is 0 Å². The molecular formula is C63H44F6N4. The minimum Gasteiger partial charge on any atom is -0.308 e. The SMILES string of the molecule is Cc1ccc(-c2ccc3c(c2)c2cc(-c4ccc(C)cc4C)ccc2n3-c2c(-c3ccc(C(F)(F)F)cc3)cc(-c3nc(-c4ccccc4)nc(-c4ccccc4)n3)cc2-c2ccc(C(F)(F)F)cc2)c(C)c1. The lowest BCUT2D eigenvalue weighted by Gasteiger charge is -2.22. The fourth-order valence-corrected chi connectivity index (χ4v) is 9.93. The van der Waals surface area contributed by atoms with Crippen LogP contribution in [0.3, 0.4) is 0 Å². The third-order valence-corrected chi connectivity index (χ3v) is 13.5. The lowest BCUT2D eigenvalue weighted by atomic mass is 9.91. The second-order valence-corrected chi connectivity index (χ2v) is 18.5. The quantitative estimate of drug-likeness (QED) is 0.143. The summed E-state index contributed by atoms with van der Waals surface area (Å²) in [4.78, 5) is 14.9. The van der Waals surface area contributed by atoms with Gasteiger partial charge in [-0.1, -0.05) is 145 Å². The van der Waals surface area contributed by atoms with Gasteiger partial charge in [-0.2, -0.15) is 26.3 Å². The van der Waals surface area contributed by atoms with E-state index in [4.69, 9.17) is 15.0 Å². The lowest BCUT2D eigenvalue weighted by Crippen LogP contribution is -2.06. The maximum absolute atomic E-state index is 14.3. The average molecular weight is 971 g/mol. The average Bonchev–Trinajstić information content (AvgIpc) is 3.71. The normalized spacial score (nSPS) is 12.0. The lowest BCUT2D eigenvalue weighted by molar-refractivity contribution is -0.138. The molecule has 0 aliphatic carbocycles. The summed E-state index contributed by atoms with van der Waals surface area (Å²) in [5, 5.41) is 1.80. The van der Waals surface area contributed by atoms with Gasteiger partial charge in [0.05, 0.1) is 27.8 Å². The van der Waals surface area contributed by atoms with Crippen LogP contribution in [-0.2, 0) is 12.4 Å². The number of halogens is 6. The summed E-state index contributed by atoms with van der Waals surface area (Å²) in [6.45, 7) is 8.28. The molecule has 11 aromatic rings. The van der Waals surface area contributed by atoms with Crippen LogP contribution in [0.2, 0.25) is 0 Å². The maximum Gasteiger partial charge on any atom is 0.416 e. The summed E-state index contributed by atoms with van der Waals surface area (Å²) in [5.41, 5.74) is 12.7. The molecule has 358 valence electrons. The minimum absolute atomic E-state index is 0.249. The van der Waals surface area contributed by atoms with Crippen molar-refractivity contribution in [3.63, 3.8) is 0 Å². The van der Waals surface area contributed by atoms with Crippen molar-refractivity contribution in [1.82, 2.24) is 19.5 Å². The van der Waals surface area contributed by atoms with E-state index in [0.29, 0.717) is 45.2 Å². The van der Waals surface area contributed by atoms with Crippen LogP contribution in [0.1, 0.15) is 33.4 Å². The van der Waals surface area contributed by atoms with E-state index >= 15 is 0 Å². The molecule has 10 heteroatoms. The van der Waals surface area contributed by atoms with Crippen molar-refractivity contribution >= 4 is 21.8 Å².